The lowest BCUT2D eigenvalue weighted by Crippen LogP contribution is -2.09. The number of benzene rings is 7. The van der Waals surface area contributed by atoms with E-state index in [0.29, 0.717) is 0 Å². The predicted octanol–water partition coefficient (Wildman–Crippen LogP) is 11.8. The van der Waals surface area contributed by atoms with Gasteiger partial charge in [-0.05, 0) is 88.6 Å². The first-order valence-electron chi connectivity index (χ1n) is 14.5. The van der Waals surface area contributed by atoms with Crippen molar-refractivity contribution in [2.75, 3.05) is 4.90 Å². The molecule has 0 aliphatic carbocycles. The summed E-state index contributed by atoms with van der Waals surface area (Å²) in [6.07, 6.45) is 0. The van der Waals surface area contributed by atoms with Crippen molar-refractivity contribution < 1.29 is 8.83 Å². The molecule has 3 heteroatoms. The first kappa shape index (κ1) is 23.9. The zero-order chi connectivity index (χ0) is 28.3. The van der Waals surface area contributed by atoms with Gasteiger partial charge in [0.05, 0.1) is 0 Å². The van der Waals surface area contributed by atoms with Crippen LogP contribution in [0.4, 0.5) is 17.1 Å². The van der Waals surface area contributed by atoms with Gasteiger partial charge in [0.15, 0.2) is 0 Å². The Hall–Kier alpha value is -5.80. The molecule has 0 atom stereocenters. The summed E-state index contributed by atoms with van der Waals surface area (Å²) in [5.74, 6) is 0. The lowest BCUT2D eigenvalue weighted by Gasteiger charge is -2.25. The Labute approximate surface area is 247 Å². The van der Waals surface area contributed by atoms with E-state index in [1.165, 1.54) is 16.3 Å². The van der Waals surface area contributed by atoms with E-state index in [-0.39, 0.29) is 0 Å². The summed E-state index contributed by atoms with van der Waals surface area (Å²) in [6.45, 7) is 0. The second-order valence-corrected chi connectivity index (χ2v) is 11.0. The molecular formula is C40H25NO2. The van der Waals surface area contributed by atoms with Crippen molar-refractivity contribution in [1.82, 2.24) is 0 Å². The van der Waals surface area contributed by atoms with Crippen molar-refractivity contribution in [3.63, 3.8) is 0 Å². The molecule has 0 radical (unpaired) electrons. The number of nitrogens with zero attached hydrogens (tertiary/aromatic N) is 1. The highest BCUT2D eigenvalue weighted by Crippen LogP contribution is 2.40. The van der Waals surface area contributed by atoms with Gasteiger partial charge in [-0.25, -0.2) is 0 Å². The Bertz CT molecular complexity index is 2450. The topological polar surface area (TPSA) is 29.5 Å². The molecule has 0 spiro atoms. The number of rotatable bonds is 4. The highest BCUT2D eigenvalue weighted by molar-refractivity contribution is 6.12. The number of hydrogen-bond acceptors (Lipinski definition) is 3. The van der Waals surface area contributed by atoms with Gasteiger partial charge in [-0.1, -0.05) is 84.9 Å². The van der Waals surface area contributed by atoms with Gasteiger partial charge in [0.25, 0.3) is 0 Å². The molecule has 43 heavy (non-hydrogen) atoms. The zero-order valence-corrected chi connectivity index (χ0v) is 23.2. The van der Waals surface area contributed by atoms with Gasteiger partial charge in [-0.15, -0.1) is 0 Å². The van der Waals surface area contributed by atoms with Gasteiger partial charge in [0.2, 0.25) is 0 Å². The minimum absolute atomic E-state index is 0.892. The lowest BCUT2D eigenvalue weighted by molar-refractivity contribution is 0.668. The third-order valence-corrected chi connectivity index (χ3v) is 8.45. The van der Waals surface area contributed by atoms with Crippen LogP contribution in [-0.2, 0) is 0 Å². The minimum Gasteiger partial charge on any atom is -0.456 e. The number of fused-ring (bicyclic) bond motifs is 7. The average Bonchev–Trinajstić information content (AvgIpc) is 3.62. The number of anilines is 3. The van der Waals surface area contributed by atoms with Crippen LogP contribution >= 0.6 is 0 Å². The van der Waals surface area contributed by atoms with E-state index in [1.807, 2.05) is 24.3 Å². The summed E-state index contributed by atoms with van der Waals surface area (Å²) >= 11 is 0. The first-order chi connectivity index (χ1) is 21.3. The molecule has 0 saturated carbocycles. The van der Waals surface area contributed by atoms with Gasteiger partial charge in [-0.3, -0.25) is 0 Å². The van der Waals surface area contributed by atoms with E-state index in [4.69, 9.17) is 8.83 Å². The van der Waals surface area contributed by atoms with Crippen LogP contribution in [0.5, 0.6) is 0 Å². The van der Waals surface area contributed by atoms with Crippen LogP contribution in [0.3, 0.4) is 0 Å². The highest BCUT2D eigenvalue weighted by atomic mass is 16.3. The molecule has 0 N–H and O–H groups in total. The Morgan fingerprint density at radius 3 is 1.72 bits per heavy atom. The van der Waals surface area contributed by atoms with E-state index < -0.39 is 0 Å². The van der Waals surface area contributed by atoms with Gasteiger partial charge < -0.3 is 13.7 Å². The molecule has 9 aromatic rings. The smallest absolute Gasteiger partial charge is 0.136 e. The summed E-state index contributed by atoms with van der Waals surface area (Å²) < 4.78 is 12.4. The van der Waals surface area contributed by atoms with Crippen molar-refractivity contribution in [2.45, 2.75) is 0 Å². The first-order valence-corrected chi connectivity index (χ1v) is 14.5. The summed E-state index contributed by atoms with van der Waals surface area (Å²) in [6, 6.07) is 53.2. The van der Waals surface area contributed by atoms with Crippen molar-refractivity contribution in [2.24, 2.45) is 0 Å². The quantitative estimate of drug-likeness (QED) is 0.218. The van der Waals surface area contributed by atoms with Gasteiger partial charge in [-0.2, -0.15) is 0 Å². The van der Waals surface area contributed by atoms with Gasteiger partial charge >= 0.3 is 0 Å². The van der Waals surface area contributed by atoms with Gasteiger partial charge in [0.1, 0.15) is 22.3 Å². The molecule has 0 aliphatic rings. The zero-order valence-electron chi connectivity index (χ0n) is 23.2. The molecule has 0 aliphatic heterocycles. The van der Waals surface area contributed by atoms with E-state index in [0.717, 1.165) is 66.5 Å². The molecule has 0 bridgehead atoms. The van der Waals surface area contributed by atoms with E-state index in [1.54, 1.807) is 0 Å². The Balaban J connectivity index is 1.17. The third kappa shape index (κ3) is 3.83. The fourth-order valence-corrected chi connectivity index (χ4v) is 6.42. The summed E-state index contributed by atoms with van der Waals surface area (Å²) in [7, 11) is 0. The monoisotopic (exact) mass is 551 g/mol. The van der Waals surface area contributed by atoms with Crippen LogP contribution in [0.25, 0.3) is 65.8 Å². The summed E-state index contributed by atoms with van der Waals surface area (Å²) in [5.41, 5.74) is 9.23. The molecule has 0 fully saturated rings. The fraction of sp³-hybridized carbons (Fsp3) is 0. The molecule has 2 heterocycles. The lowest BCUT2D eigenvalue weighted by atomic mass is 9.96. The fourth-order valence-electron chi connectivity index (χ4n) is 6.42. The molecular weight excluding hydrogens is 526 g/mol. The van der Waals surface area contributed by atoms with E-state index in [2.05, 4.69) is 132 Å². The molecule has 0 saturated heterocycles. The van der Waals surface area contributed by atoms with Crippen LogP contribution in [0.1, 0.15) is 0 Å². The molecule has 7 aromatic carbocycles. The molecule has 9 rings (SSSR count). The number of furan rings is 2. The molecule has 0 amide bonds. The second kappa shape index (κ2) is 9.37. The Morgan fingerprint density at radius 1 is 0.349 bits per heavy atom. The maximum Gasteiger partial charge on any atom is 0.136 e. The van der Waals surface area contributed by atoms with Gasteiger partial charge in [0, 0.05) is 38.6 Å². The molecule has 202 valence electrons. The molecule has 0 unspecified atom stereocenters. The van der Waals surface area contributed by atoms with Crippen molar-refractivity contribution in [3.05, 3.63) is 152 Å². The molecule has 3 nitrogen and oxygen atoms in total. The van der Waals surface area contributed by atoms with Crippen molar-refractivity contribution in [1.29, 1.82) is 0 Å². The third-order valence-electron chi connectivity index (χ3n) is 8.45. The Morgan fingerprint density at radius 2 is 0.953 bits per heavy atom. The van der Waals surface area contributed by atoms with Crippen LogP contribution in [0, 0.1) is 0 Å². The largest absolute Gasteiger partial charge is 0.456 e. The number of hydrogen-bond donors (Lipinski definition) is 0. The molecule has 2 aromatic heterocycles. The van der Waals surface area contributed by atoms with E-state index in [9.17, 15) is 0 Å². The van der Waals surface area contributed by atoms with Crippen LogP contribution in [0.2, 0.25) is 0 Å². The Kier molecular flexibility index (Phi) is 5.20. The van der Waals surface area contributed by atoms with Crippen LogP contribution in [-0.4, -0.2) is 0 Å². The van der Waals surface area contributed by atoms with Crippen LogP contribution < -0.4 is 4.90 Å². The predicted molar refractivity (Wildman–Crippen MR) is 179 cm³/mol. The second-order valence-electron chi connectivity index (χ2n) is 11.0. The summed E-state index contributed by atoms with van der Waals surface area (Å²) in [4.78, 5) is 2.30. The normalized spacial score (nSPS) is 11.7. The summed E-state index contributed by atoms with van der Waals surface area (Å²) in [5, 5.41) is 6.91. The highest BCUT2D eigenvalue weighted by Gasteiger charge is 2.16. The maximum absolute atomic E-state index is 6.24. The minimum atomic E-state index is 0.892. The SMILES string of the molecule is c1ccc(N(c2ccc(-c3cccc4cc5c(cc34)oc3ccccc35)cc2)c2ccc3oc4ccccc4c3c2)cc1. The standard InChI is InChI=1S/C40H25NO2/c1-2-10-28(11-3-1)41(30-21-22-39-36(24-30)33-13-5-6-15-37(33)42-39)29-19-17-26(18-20-29)31-14-8-9-27-23-35-32-12-4-7-16-38(32)43-40(35)25-34(27)31/h1-25H. The van der Waals surface area contributed by atoms with Crippen molar-refractivity contribution >= 4 is 71.7 Å². The number of para-hydroxylation sites is 3. The average molecular weight is 552 g/mol. The van der Waals surface area contributed by atoms with Crippen LogP contribution in [0.15, 0.2) is 160 Å². The van der Waals surface area contributed by atoms with E-state index >= 15 is 0 Å². The maximum atomic E-state index is 6.24. The van der Waals surface area contributed by atoms with Crippen molar-refractivity contribution in [3.8, 4) is 11.1 Å².